The SMILES string of the molecule is CC=C1CCC(O)C(OCC)C1. The predicted octanol–water partition coefficient (Wildman–Crippen LogP) is 1.88. The van der Waals surface area contributed by atoms with Gasteiger partial charge in [0, 0.05) is 6.61 Å². The van der Waals surface area contributed by atoms with Gasteiger partial charge in [0.1, 0.15) is 0 Å². The van der Waals surface area contributed by atoms with Crippen molar-refractivity contribution in [3.05, 3.63) is 11.6 Å². The lowest BCUT2D eigenvalue weighted by Crippen LogP contribution is -2.33. The zero-order valence-corrected chi connectivity index (χ0v) is 7.92. The molecule has 1 aliphatic carbocycles. The summed E-state index contributed by atoms with van der Waals surface area (Å²) in [5.74, 6) is 0. The lowest BCUT2D eigenvalue weighted by atomic mass is 9.90. The van der Waals surface area contributed by atoms with Gasteiger partial charge in [0.15, 0.2) is 0 Å². The summed E-state index contributed by atoms with van der Waals surface area (Å²) in [5.41, 5.74) is 1.42. The fourth-order valence-electron chi connectivity index (χ4n) is 1.66. The van der Waals surface area contributed by atoms with E-state index < -0.39 is 0 Å². The molecule has 0 radical (unpaired) electrons. The maximum absolute atomic E-state index is 9.56. The molecule has 0 aromatic carbocycles. The quantitative estimate of drug-likeness (QED) is 0.641. The molecule has 0 heterocycles. The molecule has 1 rings (SSSR count). The van der Waals surface area contributed by atoms with E-state index in [-0.39, 0.29) is 12.2 Å². The first-order valence-corrected chi connectivity index (χ1v) is 4.71. The molecule has 0 aliphatic heterocycles. The van der Waals surface area contributed by atoms with Crippen molar-refractivity contribution >= 4 is 0 Å². The minimum Gasteiger partial charge on any atom is -0.390 e. The molecule has 1 aliphatic rings. The molecular weight excluding hydrogens is 152 g/mol. The number of hydrogen-bond donors (Lipinski definition) is 1. The van der Waals surface area contributed by atoms with Crippen LogP contribution in [0.5, 0.6) is 0 Å². The molecule has 0 spiro atoms. The minimum atomic E-state index is -0.256. The van der Waals surface area contributed by atoms with Crippen molar-refractivity contribution in [2.45, 2.75) is 45.3 Å². The summed E-state index contributed by atoms with van der Waals surface area (Å²) in [5, 5.41) is 9.56. The van der Waals surface area contributed by atoms with Gasteiger partial charge in [-0.15, -0.1) is 0 Å². The van der Waals surface area contributed by atoms with Crippen molar-refractivity contribution in [3.8, 4) is 0 Å². The molecule has 0 aromatic rings. The van der Waals surface area contributed by atoms with E-state index in [0.29, 0.717) is 6.61 Å². The lowest BCUT2D eigenvalue weighted by molar-refractivity contribution is -0.0437. The van der Waals surface area contributed by atoms with Gasteiger partial charge in [0.2, 0.25) is 0 Å². The van der Waals surface area contributed by atoms with E-state index in [4.69, 9.17) is 4.74 Å². The second-order valence-corrected chi connectivity index (χ2v) is 3.25. The van der Waals surface area contributed by atoms with Crippen LogP contribution >= 0.6 is 0 Å². The van der Waals surface area contributed by atoms with Crippen LogP contribution in [0.2, 0.25) is 0 Å². The highest BCUT2D eigenvalue weighted by Gasteiger charge is 2.25. The Balaban J connectivity index is 2.47. The summed E-state index contributed by atoms with van der Waals surface area (Å²) in [6.07, 6.45) is 4.71. The molecule has 0 bridgehead atoms. The van der Waals surface area contributed by atoms with Gasteiger partial charge in [0.05, 0.1) is 12.2 Å². The van der Waals surface area contributed by atoms with Gasteiger partial charge >= 0.3 is 0 Å². The normalized spacial score (nSPS) is 34.1. The Morgan fingerprint density at radius 2 is 2.42 bits per heavy atom. The number of hydrogen-bond acceptors (Lipinski definition) is 2. The maximum Gasteiger partial charge on any atom is 0.0870 e. The summed E-state index contributed by atoms with van der Waals surface area (Å²) in [6.45, 7) is 4.71. The van der Waals surface area contributed by atoms with E-state index in [1.54, 1.807) is 0 Å². The summed E-state index contributed by atoms with van der Waals surface area (Å²) >= 11 is 0. The molecule has 1 N–H and O–H groups in total. The van der Waals surface area contributed by atoms with Crippen molar-refractivity contribution in [1.29, 1.82) is 0 Å². The molecule has 70 valence electrons. The van der Waals surface area contributed by atoms with Crippen LogP contribution in [-0.2, 0) is 4.74 Å². The Labute approximate surface area is 74.2 Å². The van der Waals surface area contributed by atoms with Crippen LogP contribution in [0.3, 0.4) is 0 Å². The Kier molecular flexibility index (Phi) is 3.76. The second kappa shape index (κ2) is 4.63. The molecule has 2 unspecified atom stereocenters. The fraction of sp³-hybridized carbons (Fsp3) is 0.800. The highest BCUT2D eigenvalue weighted by Crippen LogP contribution is 2.25. The first kappa shape index (κ1) is 9.75. The zero-order valence-electron chi connectivity index (χ0n) is 7.92. The average Bonchev–Trinajstić information content (AvgIpc) is 2.09. The predicted molar refractivity (Wildman–Crippen MR) is 49.0 cm³/mol. The fourth-order valence-corrected chi connectivity index (χ4v) is 1.66. The molecule has 0 amide bonds. The van der Waals surface area contributed by atoms with Crippen molar-refractivity contribution < 1.29 is 9.84 Å². The van der Waals surface area contributed by atoms with Gasteiger partial charge in [-0.3, -0.25) is 0 Å². The largest absolute Gasteiger partial charge is 0.390 e. The standard InChI is InChI=1S/C10H18O2/c1-3-8-5-6-9(11)10(7-8)12-4-2/h3,9-11H,4-7H2,1-2H3. The van der Waals surface area contributed by atoms with Crippen LogP contribution in [0.15, 0.2) is 11.6 Å². The maximum atomic E-state index is 9.56. The van der Waals surface area contributed by atoms with E-state index in [0.717, 1.165) is 19.3 Å². The minimum absolute atomic E-state index is 0.0370. The topological polar surface area (TPSA) is 29.5 Å². The molecule has 1 saturated carbocycles. The Morgan fingerprint density at radius 3 is 3.00 bits per heavy atom. The molecule has 0 aromatic heterocycles. The molecule has 0 saturated heterocycles. The Hall–Kier alpha value is -0.340. The van der Waals surface area contributed by atoms with Crippen LogP contribution in [0.25, 0.3) is 0 Å². The van der Waals surface area contributed by atoms with Gasteiger partial charge in [-0.2, -0.15) is 0 Å². The highest BCUT2D eigenvalue weighted by molar-refractivity contribution is 5.07. The summed E-state index contributed by atoms with van der Waals surface area (Å²) in [6, 6.07) is 0. The molecule has 12 heavy (non-hydrogen) atoms. The van der Waals surface area contributed by atoms with E-state index in [1.807, 2.05) is 6.92 Å². The summed E-state index contributed by atoms with van der Waals surface area (Å²) in [4.78, 5) is 0. The van der Waals surface area contributed by atoms with Gasteiger partial charge in [-0.25, -0.2) is 0 Å². The van der Waals surface area contributed by atoms with Crippen LogP contribution in [0.4, 0.5) is 0 Å². The smallest absolute Gasteiger partial charge is 0.0870 e. The molecule has 2 atom stereocenters. The number of aliphatic hydroxyl groups is 1. The van der Waals surface area contributed by atoms with Crippen molar-refractivity contribution in [1.82, 2.24) is 0 Å². The second-order valence-electron chi connectivity index (χ2n) is 3.25. The van der Waals surface area contributed by atoms with Crippen LogP contribution in [-0.4, -0.2) is 23.9 Å². The molecule has 1 fully saturated rings. The number of ether oxygens (including phenoxy) is 1. The Morgan fingerprint density at radius 1 is 1.67 bits per heavy atom. The molecule has 2 nitrogen and oxygen atoms in total. The van der Waals surface area contributed by atoms with Crippen LogP contribution < -0.4 is 0 Å². The number of aliphatic hydroxyl groups excluding tert-OH is 1. The average molecular weight is 170 g/mol. The zero-order chi connectivity index (χ0) is 8.97. The van der Waals surface area contributed by atoms with E-state index in [9.17, 15) is 5.11 Å². The first-order chi connectivity index (χ1) is 5.77. The third-order valence-electron chi connectivity index (χ3n) is 2.44. The van der Waals surface area contributed by atoms with Crippen molar-refractivity contribution in [3.63, 3.8) is 0 Å². The third kappa shape index (κ3) is 2.32. The first-order valence-electron chi connectivity index (χ1n) is 4.71. The van der Waals surface area contributed by atoms with Crippen LogP contribution in [0.1, 0.15) is 33.1 Å². The third-order valence-corrected chi connectivity index (χ3v) is 2.44. The lowest BCUT2D eigenvalue weighted by Gasteiger charge is -2.29. The van der Waals surface area contributed by atoms with E-state index >= 15 is 0 Å². The van der Waals surface area contributed by atoms with Crippen molar-refractivity contribution in [2.75, 3.05) is 6.61 Å². The summed E-state index contributed by atoms with van der Waals surface area (Å²) in [7, 11) is 0. The molecule has 2 heteroatoms. The number of rotatable bonds is 2. The van der Waals surface area contributed by atoms with Gasteiger partial charge < -0.3 is 9.84 Å². The number of allylic oxidation sites excluding steroid dienone is 1. The summed E-state index contributed by atoms with van der Waals surface area (Å²) < 4.78 is 5.44. The van der Waals surface area contributed by atoms with E-state index in [2.05, 4.69) is 13.0 Å². The van der Waals surface area contributed by atoms with Crippen molar-refractivity contribution in [2.24, 2.45) is 0 Å². The van der Waals surface area contributed by atoms with Gasteiger partial charge in [-0.1, -0.05) is 11.6 Å². The molecular formula is C10H18O2. The van der Waals surface area contributed by atoms with Gasteiger partial charge in [-0.05, 0) is 33.1 Å². The van der Waals surface area contributed by atoms with E-state index in [1.165, 1.54) is 5.57 Å². The van der Waals surface area contributed by atoms with Crippen LogP contribution in [0, 0.1) is 0 Å². The Bertz CT molecular complexity index is 163. The highest BCUT2D eigenvalue weighted by atomic mass is 16.5. The van der Waals surface area contributed by atoms with Gasteiger partial charge in [0.25, 0.3) is 0 Å². The monoisotopic (exact) mass is 170 g/mol.